The molecule has 0 aliphatic heterocycles. The standard InChI is InChI=1S/C14H9N4.3CO.Fe/c15-7-13(8-16)11-4-2-1-3-5-12(6-11)14(13,9-17)10-18;3*1-2;/h1-4,6,11-12H,5H2;;;;/q-1;;;;/b3-1-,4-2-;;;;. The van der Waals surface area contributed by atoms with Crippen molar-refractivity contribution in [3.8, 4) is 24.3 Å². The van der Waals surface area contributed by atoms with E-state index < -0.39 is 22.7 Å². The molecule has 2 unspecified atom stereocenters. The summed E-state index contributed by atoms with van der Waals surface area (Å²) in [5.74, 6) is -0.875. The van der Waals surface area contributed by atoms with Crippen molar-refractivity contribution in [3.05, 3.63) is 50.7 Å². The van der Waals surface area contributed by atoms with Crippen molar-refractivity contribution in [2.45, 2.75) is 6.42 Å². The first kappa shape index (κ1) is 27.0. The smallest absolute Gasteiger partial charge is 0 e. The summed E-state index contributed by atoms with van der Waals surface area (Å²) in [5, 5.41) is 37.6. The van der Waals surface area contributed by atoms with Crippen LogP contribution in [-0.2, 0) is 31.0 Å². The zero-order valence-corrected chi connectivity index (χ0v) is 13.7. The Morgan fingerprint density at radius 2 is 1.28 bits per heavy atom. The fourth-order valence-corrected chi connectivity index (χ4v) is 2.76. The van der Waals surface area contributed by atoms with Crippen LogP contribution in [-0.4, -0.2) is 0 Å². The van der Waals surface area contributed by atoms with E-state index in [-0.39, 0.29) is 17.1 Å². The van der Waals surface area contributed by atoms with Crippen molar-refractivity contribution >= 4 is 0 Å². The summed E-state index contributed by atoms with van der Waals surface area (Å²) >= 11 is 0. The third-order valence-corrected chi connectivity index (χ3v) is 3.78. The van der Waals surface area contributed by atoms with Crippen molar-refractivity contribution in [2.24, 2.45) is 22.7 Å². The molecule has 25 heavy (non-hydrogen) atoms. The Bertz CT molecular complexity index is 680. The van der Waals surface area contributed by atoms with E-state index in [1.165, 1.54) is 0 Å². The molecule has 1 saturated carbocycles. The summed E-state index contributed by atoms with van der Waals surface area (Å²) in [6, 6.07) is 7.74. The summed E-state index contributed by atoms with van der Waals surface area (Å²) in [4.78, 5) is 0. The summed E-state index contributed by atoms with van der Waals surface area (Å²) in [7, 11) is 0. The van der Waals surface area contributed by atoms with Gasteiger partial charge >= 0.3 is 33.9 Å². The topological polar surface area (TPSA) is 155 Å². The van der Waals surface area contributed by atoms with Crippen molar-refractivity contribution in [1.82, 2.24) is 0 Å². The minimum atomic E-state index is -1.62. The second-order valence-corrected chi connectivity index (χ2v) is 4.44. The number of hydrogen-bond acceptors (Lipinski definition) is 4. The summed E-state index contributed by atoms with van der Waals surface area (Å²) in [6.45, 7) is 13.5. The average Bonchev–Trinajstić information content (AvgIpc) is 2.95. The molecule has 0 N–H and O–H groups in total. The van der Waals surface area contributed by atoms with Crippen LogP contribution in [0.3, 0.4) is 0 Å². The molecule has 2 rings (SSSR count). The molecule has 0 saturated heterocycles. The molecule has 0 radical (unpaired) electrons. The molecule has 0 heterocycles. The van der Waals surface area contributed by atoms with E-state index in [1.54, 1.807) is 18.6 Å². The zero-order valence-electron chi connectivity index (χ0n) is 12.6. The molecular formula is C17H9FeN4O3-. The van der Waals surface area contributed by atoms with Gasteiger partial charge in [0.15, 0.2) is 5.41 Å². The van der Waals surface area contributed by atoms with Gasteiger partial charge in [-0.25, -0.2) is 0 Å². The first-order valence-corrected chi connectivity index (χ1v) is 6.15. The SMILES string of the molecule is N#CC1(C#N)C2/C=C\C=C/CC([CH-]2)C1(C#N)C#N.[C-]#[O+].[C-]#[O+].[C-]#[O+].[Fe]. The Labute approximate surface area is 156 Å². The largest absolute Gasteiger partial charge is 0 e. The van der Waals surface area contributed by atoms with Gasteiger partial charge in [-0.05, 0) is 0 Å². The molecule has 0 spiro atoms. The number of nitrogens with zero attached hydrogens (tertiary/aromatic N) is 4. The van der Waals surface area contributed by atoms with Crippen LogP contribution in [0.25, 0.3) is 0 Å². The van der Waals surface area contributed by atoms with Gasteiger partial charge in [-0.15, -0.1) is 17.9 Å². The quantitative estimate of drug-likeness (QED) is 0.361. The fourth-order valence-electron chi connectivity index (χ4n) is 2.76. The molecule has 2 bridgehead atoms. The van der Waals surface area contributed by atoms with E-state index in [2.05, 4.69) is 20.0 Å². The molecular weight excluding hydrogens is 364 g/mol. The Morgan fingerprint density at radius 3 is 1.68 bits per heavy atom. The number of fused-ring (bicyclic) bond motifs is 2. The average molecular weight is 373 g/mol. The van der Waals surface area contributed by atoms with E-state index in [0.29, 0.717) is 6.42 Å². The summed E-state index contributed by atoms with van der Waals surface area (Å²) in [6.07, 6.45) is 9.42. The van der Waals surface area contributed by atoms with Gasteiger partial charge in [0.25, 0.3) is 0 Å². The van der Waals surface area contributed by atoms with Crippen LogP contribution in [0, 0.1) is 94.4 Å². The van der Waals surface area contributed by atoms with Crippen molar-refractivity contribution in [3.63, 3.8) is 0 Å². The molecule has 1 fully saturated rings. The van der Waals surface area contributed by atoms with Gasteiger partial charge in [0, 0.05) is 17.1 Å². The number of nitriles is 4. The zero-order chi connectivity index (χ0) is 19.2. The molecule has 0 amide bonds. The van der Waals surface area contributed by atoms with Crippen LogP contribution in [0.2, 0.25) is 0 Å². The van der Waals surface area contributed by atoms with Gasteiger partial charge in [0.2, 0.25) is 0 Å². The first-order valence-electron chi connectivity index (χ1n) is 6.15. The van der Waals surface area contributed by atoms with Crippen LogP contribution in [0.4, 0.5) is 0 Å². The molecule has 2 aliphatic carbocycles. The minimum absolute atomic E-state index is 0. The third-order valence-electron chi connectivity index (χ3n) is 3.78. The maximum absolute atomic E-state index is 9.40. The van der Waals surface area contributed by atoms with Crippen molar-refractivity contribution in [2.75, 3.05) is 0 Å². The Hall–Kier alpha value is -2.82. The van der Waals surface area contributed by atoms with E-state index in [4.69, 9.17) is 14.0 Å². The fraction of sp³-hybridized carbons (Fsp3) is 0.294. The molecule has 2 atom stereocenters. The molecule has 124 valence electrons. The van der Waals surface area contributed by atoms with Crippen LogP contribution in [0.15, 0.2) is 24.3 Å². The number of rotatable bonds is 0. The normalized spacial score (nSPS) is 24.4. The maximum Gasteiger partial charge on any atom is 0 e. The van der Waals surface area contributed by atoms with Crippen LogP contribution in [0.5, 0.6) is 0 Å². The van der Waals surface area contributed by atoms with Gasteiger partial charge in [-0.2, -0.15) is 21.0 Å². The Kier molecular flexibility index (Phi) is 14.7. The predicted molar refractivity (Wildman–Crippen MR) is 73.3 cm³/mol. The Morgan fingerprint density at radius 1 is 0.840 bits per heavy atom. The van der Waals surface area contributed by atoms with E-state index >= 15 is 0 Å². The van der Waals surface area contributed by atoms with Gasteiger partial charge in [0.1, 0.15) is 5.41 Å². The maximum atomic E-state index is 9.40. The van der Waals surface area contributed by atoms with Gasteiger partial charge in [0.05, 0.1) is 24.3 Å². The second kappa shape index (κ2) is 13.6. The number of allylic oxidation sites excluding steroid dienone is 4. The summed E-state index contributed by atoms with van der Waals surface area (Å²) in [5.41, 5.74) is -3.22. The number of hydrogen-bond donors (Lipinski definition) is 0. The van der Waals surface area contributed by atoms with Gasteiger partial charge in [-0.1, -0.05) is 24.6 Å². The molecule has 0 aromatic rings. The van der Waals surface area contributed by atoms with Gasteiger partial charge in [-0.3, -0.25) is 0 Å². The van der Waals surface area contributed by atoms with Crippen LogP contribution >= 0.6 is 0 Å². The van der Waals surface area contributed by atoms with E-state index in [0.717, 1.165) is 0 Å². The third kappa shape index (κ3) is 4.38. The van der Waals surface area contributed by atoms with Crippen molar-refractivity contribution in [1.29, 1.82) is 21.0 Å². The molecule has 0 aromatic heterocycles. The minimum Gasteiger partial charge on any atom is 0 e. The summed E-state index contributed by atoms with van der Waals surface area (Å²) < 4.78 is 22.5. The van der Waals surface area contributed by atoms with Crippen molar-refractivity contribution < 1.29 is 31.0 Å². The first-order chi connectivity index (χ1) is 11.7. The molecule has 7 nitrogen and oxygen atoms in total. The monoisotopic (exact) mass is 373 g/mol. The van der Waals surface area contributed by atoms with Gasteiger partial charge < -0.3 is 6.42 Å². The Balaban J connectivity index is -0.000000626. The molecule has 2 aliphatic rings. The van der Waals surface area contributed by atoms with Crippen LogP contribution < -0.4 is 0 Å². The van der Waals surface area contributed by atoms with E-state index in [9.17, 15) is 21.0 Å². The van der Waals surface area contributed by atoms with E-state index in [1.807, 2.05) is 36.4 Å². The predicted octanol–water partition coefficient (Wildman–Crippen LogP) is 1.90. The molecule has 0 aromatic carbocycles. The molecule has 8 heteroatoms. The van der Waals surface area contributed by atoms with Crippen LogP contribution in [0.1, 0.15) is 6.42 Å². The second-order valence-electron chi connectivity index (χ2n) is 4.44.